The van der Waals surface area contributed by atoms with E-state index in [9.17, 15) is 4.39 Å². The Balaban J connectivity index is 1.45. The molecular weight excluding hydrogens is 423 g/mol. The molecule has 0 amide bonds. The van der Waals surface area contributed by atoms with E-state index >= 15 is 0 Å². The van der Waals surface area contributed by atoms with Crippen molar-refractivity contribution in [3.63, 3.8) is 0 Å². The van der Waals surface area contributed by atoms with Crippen LogP contribution in [0.2, 0.25) is 0 Å². The summed E-state index contributed by atoms with van der Waals surface area (Å²) < 4.78 is 25.5. The Hall–Kier alpha value is -2.44. The minimum atomic E-state index is -0.246. The molecule has 28 heavy (non-hydrogen) atoms. The zero-order chi connectivity index (χ0) is 19.6. The normalized spacial score (nSPS) is 10.6. The van der Waals surface area contributed by atoms with E-state index in [1.54, 1.807) is 18.3 Å². The van der Waals surface area contributed by atoms with Crippen LogP contribution in [0.3, 0.4) is 0 Å². The number of hydrogen-bond acceptors (Lipinski definition) is 4. The average molecular weight is 445 g/mol. The number of ether oxygens (including phenoxy) is 2. The Labute approximate surface area is 172 Å². The van der Waals surface area contributed by atoms with Crippen molar-refractivity contribution in [1.29, 1.82) is 0 Å². The van der Waals surface area contributed by atoms with Gasteiger partial charge in [0.05, 0.1) is 6.61 Å². The molecule has 2 aromatic carbocycles. The molecule has 3 rings (SSSR count). The van der Waals surface area contributed by atoms with Crippen LogP contribution in [-0.2, 0) is 13.2 Å². The Morgan fingerprint density at radius 2 is 1.86 bits per heavy atom. The number of pyridine rings is 1. The van der Waals surface area contributed by atoms with Gasteiger partial charge < -0.3 is 14.8 Å². The molecule has 0 saturated heterocycles. The minimum Gasteiger partial charge on any atom is -0.489 e. The zero-order valence-electron chi connectivity index (χ0n) is 15.4. The van der Waals surface area contributed by atoms with E-state index in [1.807, 2.05) is 36.4 Å². The molecule has 0 saturated carbocycles. The molecule has 1 aromatic heterocycles. The highest BCUT2D eigenvalue weighted by Crippen LogP contribution is 2.24. The number of nitrogens with zero attached hydrogens (tertiary/aromatic N) is 1. The summed E-state index contributed by atoms with van der Waals surface area (Å²) in [6.45, 7) is 2.50. The summed E-state index contributed by atoms with van der Waals surface area (Å²) in [7, 11) is 0. The van der Waals surface area contributed by atoms with Gasteiger partial charge in [0.1, 0.15) is 18.2 Å². The number of halogens is 2. The van der Waals surface area contributed by atoms with Crippen LogP contribution in [0, 0.1) is 5.82 Å². The van der Waals surface area contributed by atoms with E-state index in [0.717, 1.165) is 34.3 Å². The van der Waals surface area contributed by atoms with Crippen LogP contribution < -0.4 is 14.8 Å². The van der Waals surface area contributed by atoms with Crippen LogP contribution >= 0.6 is 15.9 Å². The smallest absolute Gasteiger partial charge is 0.213 e. The van der Waals surface area contributed by atoms with Crippen molar-refractivity contribution in [2.45, 2.75) is 19.6 Å². The first kappa shape index (κ1) is 20.3. The van der Waals surface area contributed by atoms with Crippen LogP contribution in [0.4, 0.5) is 4.39 Å². The van der Waals surface area contributed by atoms with Crippen LogP contribution in [-0.4, -0.2) is 18.1 Å². The molecule has 0 aliphatic carbocycles. The van der Waals surface area contributed by atoms with Crippen molar-refractivity contribution >= 4 is 15.9 Å². The van der Waals surface area contributed by atoms with Crippen LogP contribution in [0.15, 0.2) is 71.3 Å². The van der Waals surface area contributed by atoms with E-state index in [1.165, 1.54) is 12.1 Å². The van der Waals surface area contributed by atoms with Crippen molar-refractivity contribution in [2.75, 3.05) is 13.2 Å². The molecule has 0 aliphatic heterocycles. The van der Waals surface area contributed by atoms with Crippen LogP contribution in [0.25, 0.3) is 0 Å². The molecule has 1 N–H and O–H groups in total. The Kier molecular flexibility index (Phi) is 7.82. The van der Waals surface area contributed by atoms with Crippen molar-refractivity contribution in [1.82, 2.24) is 10.3 Å². The molecule has 0 aliphatic rings. The fourth-order valence-corrected chi connectivity index (χ4v) is 3.01. The first-order valence-electron chi connectivity index (χ1n) is 9.11. The molecule has 4 nitrogen and oxygen atoms in total. The summed E-state index contributed by atoms with van der Waals surface area (Å²) in [5.41, 5.74) is 1.98. The second-order valence-electron chi connectivity index (χ2n) is 6.21. The predicted octanol–water partition coefficient (Wildman–Crippen LogP) is 5.12. The second-order valence-corrected chi connectivity index (χ2v) is 7.13. The number of benzene rings is 2. The number of aromatic nitrogens is 1. The molecule has 0 radical (unpaired) electrons. The maximum Gasteiger partial charge on any atom is 0.213 e. The van der Waals surface area contributed by atoms with Crippen molar-refractivity contribution in [3.05, 3.63) is 88.3 Å². The Bertz CT molecular complexity index is 860. The third kappa shape index (κ3) is 6.62. The summed E-state index contributed by atoms with van der Waals surface area (Å²) in [5.74, 6) is 1.21. The van der Waals surface area contributed by atoms with E-state index in [0.29, 0.717) is 25.6 Å². The van der Waals surface area contributed by atoms with Gasteiger partial charge in [-0.25, -0.2) is 9.37 Å². The van der Waals surface area contributed by atoms with Crippen molar-refractivity contribution < 1.29 is 13.9 Å². The Morgan fingerprint density at radius 1 is 1.00 bits per heavy atom. The van der Waals surface area contributed by atoms with E-state index in [4.69, 9.17) is 9.47 Å². The highest BCUT2D eigenvalue weighted by atomic mass is 79.9. The quantitative estimate of drug-likeness (QED) is 0.440. The SMILES string of the molecule is Fc1ccc(COc2ccc(Br)cc2CNCCCOc2ccccn2)cc1. The van der Waals surface area contributed by atoms with Gasteiger partial charge in [-0.15, -0.1) is 0 Å². The Morgan fingerprint density at radius 3 is 2.64 bits per heavy atom. The van der Waals surface area contributed by atoms with Crippen molar-refractivity contribution in [3.8, 4) is 11.6 Å². The van der Waals surface area contributed by atoms with Gasteiger partial charge in [-0.2, -0.15) is 0 Å². The molecule has 1 heterocycles. The number of nitrogens with one attached hydrogen (secondary N) is 1. The highest BCUT2D eigenvalue weighted by Gasteiger charge is 2.06. The second kappa shape index (κ2) is 10.8. The summed E-state index contributed by atoms with van der Waals surface area (Å²) in [5, 5.41) is 3.41. The average Bonchev–Trinajstić information content (AvgIpc) is 2.72. The standard InChI is InChI=1S/C22H22BrFN2O2/c23-19-7-10-21(28-16-17-5-8-20(24)9-6-17)18(14-19)15-25-11-3-13-27-22-4-1-2-12-26-22/h1-2,4-10,12,14,25H,3,11,13,15-16H2. The van der Waals surface area contributed by atoms with Gasteiger partial charge in [-0.3, -0.25) is 0 Å². The fourth-order valence-electron chi connectivity index (χ4n) is 2.60. The van der Waals surface area contributed by atoms with E-state index < -0.39 is 0 Å². The van der Waals surface area contributed by atoms with Gasteiger partial charge in [0.2, 0.25) is 5.88 Å². The lowest BCUT2D eigenvalue weighted by atomic mass is 10.2. The third-order valence-corrected chi connectivity index (χ3v) is 4.52. The first-order valence-corrected chi connectivity index (χ1v) is 9.90. The highest BCUT2D eigenvalue weighted by molar-refractivity contribution is 9.10. The maximum atomic E-state index is 13.0. The molecule has 6 heteroatoms. The monoisotopic (exact) mass is 444 g/mol. The van der Waals surface area contributed by atoms with Crippen LogP contribution in [0.5, 0.6) is 11.6 Å². The largest absolute Gasteiger partial charge is 0.489 e. The lowest BCUT2D eigenvalue weighted by Gasteiger charge is -2.13. The molecule has 146 valence electrons. The summed E-state index contributed by atoms with van der Waals surface area (Å²) in [6, 6.07) is 17.9. The summed E-state index contributed by atoms with van der Waals surface area (Å²) >= 11 is 3.51. The topological polar surface area (TPSA) is 43.4 Å². The molecule has 0 fully saturated rings. The molecule has 0 atom stereocenters. The number of rotatable bonds is 10. The van der Waals surface area contributed by atoms with Crippen LogP contribution in [0.1, 0.15) is 17.5 Å². The molecule has 0 bridgehead atoms. The maximum absolute atomic E-state index is 13.0. The summed E-state index contributed by atoms with van der Waals surface area (Å²) in [6.07, 6.45) is 2.59. The van der Waals surface area contributed by atoms with E-state index in [2.05, 4.69) is 26.2 Å². The minimum absolute atomic E-state index is 0.246. The lowest BCUT2D eigenvalue weighted by Crippen LogP contribution is -2.17. The van der Waals surface area contributed by atoms with Gasteiger partial charge >= 0.3 is 0 Å². The summed E-state index contributed by atoms with van der Waals surface area (Å²) in [4.78, 5) is 4.13. The zero-order valence-corrected chi connectivity index (χ0v) is 17.0. The number of hydrogen-bond donors (Lipinski definition) is 1. The lowest BCUT2D eigenvalue weighted by molar-refractivity contribution is 0.294. The van der Waals surface area contributed by atoms with E-state index in [-0.39, 0.29) is 5.82 Å². The molecule has 0 unspecified atom stereocenters. The molecule has 3 aromatic rings. The van der Waals surface area contributed by atoms with Gasteiger partial charge in [-0.05, 0) is 54.9 Å². The molecule has 0 spiro atoms. The third-order valence-electron chi connectivity index (χ3n) is 4.03. The van der Waals surface area contributed by atoms with Gasteiger partial charge in [0.25, 0.3) is 0 Å². The van der Waals surface area contributed by atoms with Gasteiger partial charge in [0, 0.05) is 28.8 Å². The first-order chi connectivity index (χ1) is 13.7. The van der Waals surface area contributed by atoms with Crippen molar-refractivity contribution in [2.24, 2.45) is 0 Å². The van der Waals surface area contributed by atoms with Gasteiger partial charge in [-0.1, -0.05) is 34.1 Å². The van der Waals surface area contributed by atoms with Gasteiger partial charge in [0.15, 0.2) is 0 Å². The molecular formula is C22H22BrFN2O2. The predicted molar refractivity (Wildman–Crippen MR) is 111 cm³/mol. The fraction of sp³-hybridized carbons (Fsp3) is 0.227.